The van der Waals surface area contributed by atoms with E-state index in [2.05, 4.69) is 53.8 Å². The van der Waals surface area contributed by atoms with Gasteiger partial charge in [0.25, 0.3) is 0 Å². The topological polar surface area (TPSA) is 285 Å². The van der Waals surface area contributed by atoms with Gasteiger partial charge in [0, 0.05) is 0 Å². The van der Waals surface area contributed by atoms with Crippen molar-refractivity contribution in [3.63, 3.8) is 0 Å². The Kier molecular flexibility index (Phi) is 2990. The Hall–Kier alpha value is -4.09. The Morgan fingerprint density at radius 1 is 0.214 bits per heavy atom. The summed E-state index contributed by atoms with van der Waals surface area (Å²) < 4.78 is 0. The van der Waals surface area contributed by atoms with E-state index in [9.17, 15) is 0 Å². The van der Waals surface area contributed by atoms with Crippen molar-refractivity contribution < 1.29 is 53.8 Å². The molecule has 0 aromatic heterocycles. The Labute approximate surface area is 195 Å². The van der Waals surface area contributed by atoms with Crippen LogP contribution in [0.5, 0.6) is 0 Å². The van der Waals surface area contributed by atoms with Crippen LogP contribution in [0.3, 0.4) is 0 Å². The zero-order valence-corrected chi connectivity index (χ0v) is 16.9. The molecule has 0 aromatic carbocycles. The molecule has 0 aliphatic heterocycles. The van der Waals surface area contributed by atoms with Crippen LogP contribution >= 0.6 is 0 Å². The first-order valence-electron chi connectivity index (χ1n) is 2.91. The Morgan fingerprint density at radius 3 is 0.214 bits per heavy atom. The van der Waals surface area contributed by atoms with Crippen molar-refractivity contribution in [2.45, 2.75) is 0 Å². The Morgan fingerprint density at radius 2 is 0.214 bits per heavy atom. The van der Waals surface area contributed by atoms with E-state index in [-0.39, 0.29) is 0 Å². The summed E-state index contributed by atoms with van der Waals surface area (Å²) in [5.41, 5.74) is 0. The molecule has 0 atom stereocenters. The van der Waals surface area contributed by atoms with Gasteiger partial charge in [-0.1, -0.05) is 0 Å². The third kappa shape index (κ3) is 571. The fourth-order valence-corrected chi connectivity index (χ4v) is 0. The summed E-state index contributed by atoms with van der Waals surface area (Å²) in [4.78, 5) is 0. The molecule has 0 saturated heterocycles. The molecule has 0 aliphatic carbocycles. The van der Waals surface area contributed by atoms with Crippen molar-refractivity contribution in [3.05, 3.63) is 78.9 Å². The van der Waals surface area contributed by atoms with Gasteiger partial charge in [0.2, 0.25) is 0 Å². The van der Waals surface area contributed by atoms with Gasteiger partial charge in [0.1, 0.15) is 0 Å². The van der Waals surface area contributed by atoms with E-state index in [1.807, 2.05) is 0 Å². The summed E-state index contributed by atoms with van der Waals surface area (Å²) in [6, 6.07) is 0. The molecule has 0 N–H and O–H groups in total. The second-order valence-electron chi connectivity index (χ2n) is 0. The van der Waals surface area contributed by atoms with Crippen molar-refractivity contribution in [1.82, 2.24) is 0 Å². The maximum atomic E-state index is 6.25. The van der Waals surface area contributed by atoms with Crippen molar-refractivity contribution in [3.8, 4) is 0 Å². The van der Waals surface area contributed by atoms with E-state index in [0.717, 1.165) is 0 Å². The number of rotatable bonds is 0. The molecular weight excluding hydrogens is 541 g/mol. The molecular formula is C12Fe2N12Ni2-12. The standard InChI is InChI=1S/12CN.2Fe.2Ni/c12*1-2;;;;/q12*-1;;;;. The fourth-order valence-electron chi connectivity index (χ4n) is 0. The molecule has 16 heteroatoms. The molecule has 12 nitrogen and oxygen atoms in total. The third-order valence-corrected chi connectivity index (χ3v) is 0. The van der Waals surface area contributed by atoms with E-state index < -0.39 is 0 Å². The van der Waals surface area contributed by atoms with Gasteiger partial charge in [-0.15, -0.1) is 0 Å². The average molecular weight is 541 g/mol. The van der Waals surface area contributed by atoms with Crippen molar-refractivity contribution >= 4 is 0 Å². The third-order valence-electron chi connectivity index (χ3n) is 0. The second-order valence-corrected chi connectivity index (χ2v) is 0. The zero-order valence-electron chi connectivity index (χ0n) is 12.7. The molecule has 0 aliphatic rings. The Balaban J connectivity index is -0.00000000628. The van der Waals surface area contributed by atoms with Gasteiger partial charge in [0.05, 0.1) is 0 Å². The van der Waals surface area contributed by atoms with Crippen LogP contribution in [0.15, 0.2) is 0 Å². The van der Waals surface area contributed by atoms with Crippen molar-refractivity contribution in [2.75, 3.05) is 0 Å². The minimum absolute atomic E-state index is 2.88. The second kappa shape index (κ2) is 656. The minimum atomic E-state index is 2.88. The first-order valence-corrected chi connectivity index (χ1v) is 6.48. The molecule has 0 rings (SSSR count). The SMILES string of the molecule is [C-]#N.[C-]#N.[C-]#N.[C-]#N.[C-]#N.[C-]#N.[C-]#N.[C-]#N.[C-]#N.[C-]#N.[C-]#N.[C-]#N.[Fe]=[Ni].[Fe]=[Ni]. The fraction of sp³-hybridized carbons (Fsp3) is 0. The summed E-state index contributed by atoms with van der Waals surface area (Å²) in [7, 11) is 0. The van der Waals surface area contributed by atoms with Crippen molar-refractivity contribution in [1.29, 1.82) is 63.1 Å². The predicted octanol–water partition coefficient (Wildman–Crippen LogP) is 1.15. The summed E-state index contributed by atoms with van der Waals surface area (Å²) in [6.07, 6.45) is 0. The van der Waals surface area contributed by atoms with Crippen LogP contribution < -0.4 is 0 Å². The zero-order chi connectivity index (χ0) is 28.0. The number of hydrogen-bond acceptors (Lipinski definition) is 12. The van der Waals surface area contributed by atoms with Crippen LogP contribution in [0.1, 0.15) is 0 Å². The normalized spacial score (nSPS) is 1.36. The van der Waals surface area contributed by atoms with Gasteiger partial charge >= 0.3 is 53.8 Å². The van der Waals surface area contributed by atoms with Crippen LogP contribution in [0.4, 0.5) is 0 Å². The summed E-state index contributed by atoms with van der Waals surface area (Å²) in [6.45, 7) is 57.0. The quantitative estimate of drug-likeness (QED) is 0.308. The molecule has 0 unspecified atom stereocenters. The van der Waals surface area contributed by atoms with E-state index in [1.165, 1.54) is 0 Å². The maximum absolute atomic E-state index is 6.25. The summed E-state index contributed by atoms with van der Waals surface area (Å²) >= 11 is 13.0. The average Bonchev–Trinajstić information content (AvgIpc) is 2.95. The van der Waals surface area contributed by atoms with Crippen LogP contribution in [0, 0.1) is 142 Å². The van der Waals surface area contributed by atoms with Crippen LogP contribution in [0.25, 0.3) is 0 Å². The molecule has 0 heterocycles. The van der Waals surface area contributed by atoms with Gasteiger partial charge in [-0.05, 0) is 0 Å². The van der Waals surface area contributed by atoms with Crippen LogP contribution in [-0.4, -0.2) is 0 Å². The predicted molar refractivity (Wildman–Crippen MR) is 59.6 cm³/mol. The van der Waals surface area contributed by atoms with Gasteiger partial charge < -0.3 is 142 Å². The molecule has 0 fully saturated rings. The molecule has 0 saturated carbocycles. The molecule has 0 spiro atoms. The number of nitrogens with zero attached hydrogens (tertiary/aromatic N) is 12. The molecule has 0 aromatic rings. The Bertz CT molecular complexity index is 255. The number of hydrogen-bond donors (Lipinski definition) is 0. The van der Waals surface area contributed by atoms with Crippen LogP contribution in [0.2, 0.25) is 0 Å². The first kappa shape index (κ1) is 128. The van der Waals surface area contributed by atoms with Gasteiger partial charge in [0.15, 0.2) is 0 Å². The van der Waals surface area contributed by atoms with E-state index in [0.29, 0.717) is 0 Å². The van der Waals surface area contributed by atoms with E-state index in [1.54, 1.807) is 0 Å². The van der Waals surface area contributed by atoms with E-state index >= 15 is 0 Å². The summed E-state index contributed by atoms with van der Waals surface area (Å²) in [5.74, 6) is 0. The molecule has 0 radical (unpaired) electrons. The monoisotopic (exact) mass is 540 g/mol. The van der Waals surface area contributed by atoms with Gasteiger partial charge in [-0.3, -0.25) is 0 Å². The van der Waals surface area contributed by atoms with Crippen molar-refractivity contribution in [2.24, 2.45) is 0 Å². The molecule has 156 valence electrons. The molecule has 28 heavy (non-hydrogen) atoms. The molecule has 0 bridgehead atoms. The van der Waals surface area contributed by atoms with Gasteiger partial charge in [-0.2, -0.15) is 0 Å². The first-order chi connectivity index (χ1) is 14.0. The summed E-state index contributed by atoms with van der Waals surface area (Å²) in [5, 5.41) is 75.0. The van der Waals surface area contributed by atoms with Gasteiger partial charge in [-0.25, -0.2) is 0 Å². The van der Waals surface area contributed by atoms with Crippen LogP contribution in [-0.2, 0) is 53.8 Å². The molecule has 0 amide bonds. The van der Waals surface area contributed by atoms with E-state index in [4.69, 9.17) is 142 Å².